The topological polar surface area (TPSA) is 42.9 Å². The fraction of sp³-hybridized carbons (Fsp3) is 0. The third-order valence-electron chi connectivity index (χ3n) is 7.22. The van der Waals surface area contributed by atoms with Crippen molar-refractivity contribution >= 4 is 55.6 Å². The average molecular weight is 507 g/mol. The summed E-state index contributed by atoms with van der Waals surface area (Å²) >= 11 is 0. The van der Waals surface area contributed by atoms with Crippen LogP contribution in [0.3, 0.4) is 0 Å². The van der Waals surface area contributed by atoms with Crippen molar-refractivity contribution in [1.82, 2.24) is 9.97 Å². The van der Waals surface area contributed by atoms with Crippen LogP contribution in [0.1, 0.15) is 0 Å². The van der Waals surface area contributed by atoms with E-state index in [9.17, 15) is 0 Å². The number of fused-ring (bicyclic) bond motifs is 4. The summed E-state index contributed by atoms with van der Waals surface area (Å²) in [6, 6.07) is 42.6. The van der Waals surface area contributed by atoms with Crippen LogP contribution in [0.5, 0.6) is 0 Å². The van der Waals surface area contributed by atoms with E-state index in [0.717, 1.165) is 59.6 Å². The van der Waals surface area contributed by atoms with Gasteiger partial charge in [0.05, 0.1) is 11.0 Å². The molecule has 0 aliphatic rings. The van der Waals surface area contributed by atoms with Gasteiger partial charge in [-0.05, 0) is 46.2 Å². The van der Waals surface area contributed by atoms with Gasteiger partial charge in [0.1, 0.15) is 0 Å². The lowest BCUT2D eigenvalue weighted by atomic mass is 9.98. The van der Waals surface area contributed by atoms with Gasteiger partial charge in [0.25, 0.3) is 0 Å². The van der Waals surface area contributed by atoms with Crippen LogP contribution in [0.15, 0.2) is 140 Å². The molecule has 0 radical (unpaired) electrons. The number of rotatable bonds is 4. The maximum Gasteiger partial charge on any atom is 0.171 e. The maximum absolute atomic E-state index is 15.1. The second kappa shape index (κ2) is 9.06. The number of pyridine rings is 2. The summed E-state index contributed by atoms with van der Waals surface area (Å²) in [4.78, 5) is 9.23. The molecule has 3 nitrogen and oxygen atoms in total. The maximum atomic E-state index is 15.1. The molecule has 0 N–H and O–H groups in total. The fourth-order valence-electron chi connectivity index (χ4n) is 5.32. The Bertz CT molecular complexity index is 2000. The molecule has 1 atom stereocenters. The van der Waals surface area contributed by atoms with Crippen molar-refractivity contribution in [3.05, 3.63) is 140 Å². The van der Waals surface area contributed by atoms with Crippen molar-refractivity contribution in [2.24, 2.45) is 0 Å². The highest BCUT2D eigenvalue weighted by Gasteiger charge is 2.30. The Morgan fingerprint density at radius 1 is 0.474 bits per heavy atom. The minimum absolute atomic E-state index is 0.813. The molecule has 0 bridgehead atoms. The van der Waals surface area contributed by atoms with Crippen LogP contribution in [0.4, 0.5) is 0 Å². The molecule has 0 aliphatic heterocycles. The molecule has 0 spiro atoms. The lowest BCUT2D eigenvalue weighted by Crippen LogP contribution is -2.25. The van der Waals surface area contributed by atoms with Gasteiger partial charge < -0.3 is 4.57 Å². The molecule has 1 unspecified atom stereocenters. The number of hydrogen-bond acceptors (Lipinski definition) is 3. The van der Waals surface area contributed by atoms with E-state index in [1.165, 1.54) is 0 Å². The smallest absolute Gasteiger partial charge is 0.171 e. The number of benzene rings is 5. The standard InChI is InChI=1S/C34H23N2OP/c37-38(28-11-2-1-3-12-28,30-19-14-24-8-4-5-9-26(24)22-30)29-17-15-25(16-18-29)32-23-27-10-6-20-35-33(27)34-31(32)13-7-21-36-34/h1-23H. The molecule has 5 aromatic carbocycles. The molecule has 0 saturated heterocycles. The van der Waals surface area contributed by atoms with Crippen molar-refractivity contribution in [1.29, 1.82) is 0 Å². The highest BCUT2D eigenvalue weighted by Crippen LogP contribution is 2.43. The minimum Gasteiger partial charge on any atom is -0.309 e. The first-order valence-corrected chi connectivity index (χ1v) is 14.3. The lowest BCUT2D eigenvalue weighted by molar-refractivity contribution is 0.592. The molecule has 38 heavy (non-hydrogen) atoms. The van der Waals surface area contributed by atoms with Crippen molar-refractivity contribution in [3.63, 3.8) is 0 Å². The van der Waals surface area contributed by atoms with E-state index in [2.05, 4.69) is 64.6 Å². The van der Waals surface area contributed by atoms with E-state index in [-0.39, 0.29) is 0 Å². The van der Waals surface area contributed by atoms with E-state index in [1.54, 1.807) is 6.20 Å². The molecule has 2 aromatic heterocycles. The average Bonchev–Trinajstić information content (AvgIpc) is 3.00. The molecule has 2 heterocycles. The molecule has 7 aromatic rings. The summed E-state index contributed by atoms with van der Waals surface area (Å²) < 4.78 is 15.1. The van der Waals surface area contributed by atoms with Crippen LogP contribution in [-0.2, 0) is 4.57 Å². The van der Waals surface area contributed by atoms with Gasteiger partial charge in [-0.1, -0.05) is 103 Å². The summed E-state index contributed by atoms with van der Waals surface area (Å²) in [6.07, 6.45) is 3.61. The van der Waals surface area contributed by atoms with Gasteiger partial charge in [-0.15, -0.1) is 0 Å². The molecule has 0 saturated carbocycles. The second-order valence-corrected chi connectivity index (χ2v) is 12.2. The van der Waals surface area contributed by atoms with Crippen LogP contribution >= 0.6 is 7.14 Å². The van der Waals surface area contributed by atoms with E-state index >= 15 is 4.57 Å². The van der Waals surface area contributed by atoms with E-state index in [4.69, 9.17) is 0 Å². The van der Waals surface area contributed by atoms with Crippen molar-refractivity contribution < 1.29 is 4.57 Å². The first-order chi connectivity index (χ1) is 18.7. The second-order valence-electron chi connectivity index (χ2n) is 9.42. The summed E-state index contributed by atoms with van der Waals surface area (Å²) in [5, 5.41) is 6.79. The van der Waals surface area contributed by atoms with Gasteiger partial charge in [-0.2, -0.15) is 0 Å². The van der Waals surface area contributed by atoms with Crippen LogP contribution in [0.2, 0.25) is 0 Å². The Hall–Kier alpha value is -4.59. The molecule has 0 aliphatic carbocycles. The minimum atomic E-state index is -3.10. The molecule has 7 rings (SSSR count). The molecular formula is C34H23N2OP. The Labute approximate surface area is 220 Å². The summed E-state index contributed by atoms with van der Waals surface area (Å²) in [7, 11) is -3.10. The zero-order chi connectivity index (χ0) is 25.5. The fourth-order valence-corrected chi connectivity index (χ4v) is 7.98. The Balaban J connectivity index is 1.41. The third kappa shape index (κ3) is 3.63. The molecule has 4 heteroatoms. The van der Waals surface area contributed by atoms with Crippen LogP contribution in [0, 0.1) is 0 Å². The Morgan fingerprint density at radius 2 is 1.11 bits per heavy atom. The predicted octanol–water partition coefficient (Wildman–Crippen LogP) is 7.24. The Kier molecular flexibility index (Phi) is 5.39. The normalized spacial score (nSPS) is 13.1. The number of aromatic nitrogens is 2. The SMILES string of the molecule is O=P(c1ccccc1)(c1ccc(-c2cc3cccnc3c3ncccc23)cc1)c1ccc2ccccc2c1. The Morgan fingerprint density at radius 3 is 1.92 bits per heavy atom. The third-order valence-corrected chi connectivity index (χ3v) is 10.3. The van der Waals surface area contributed by atoms with Crippen LogP contribution < -0.4 is 15.9 Å². The molecule has 0 fully saturated rings. The monoisotopic (exact) mass is 506 g/mol. The zero-order valence-corrected chi connectivity index (χ0v) is 21.4. The van der Waals surface area contributed by atoms with Crippen LogP contribution in [0.25, 0.3) is 43.7 Å². The van der Waals surface area contributed by atoms with Gasteiger partial charge in [0.2, 0.25) is 0 Å². The van der Waals surface area contributed by atoms with Crippen molar-refractivity contribution in [2.75, 3.05) is 0 Å². The first-order valence-electron chi connectivity index (χ1n) is 12.6. The van der Waals surface area contributed by atoms with Gasteiger partial charge in [0.15, 0.2) is 7.14 Å². The molecule has 180 valence electrons. The molecule has 0 amide bonds. The summed E-state index contributed by atoms with van der Waals surface area (Å²) in [5.41, 5.74) is 3.92. The molecular weight excluding hydrogens is 483 g/mol. The van der Waals surface area contributed by atoms with Crippen molar-refractivity contribution in [2.45, 2.75) is 0 Å². The van der Waals surface area contributed by atoms with Gasteiger partial charge in [-0.25, -0.2) is 0 Å². The quantitative estimate of drug-likeness (QED) is 0.187. The van der Waals surface area contributed by atoms with E-state index in [1.807, 2.05) is 79.0 Å². The van der Waals surface area contributed by atoms with Crippen LogP contribution in [-0.4, -0.2) is 9.97 Å². The highest BCUT2D eigenvalue weighted by molar-refractivity contribution is 7.85. The first kappa shape index (κ1) is 22.6. The zero-order valence-electron chi connectivity index (χ0n) is 20.5. The van der Waals surface area contributed by atoms with E-state index < -0.39 is 7.14 Å². The van der Waals surface area contributed by atoms with Crippen molar-refractivity contribution in [3.8, 4) is 11.1 Å². The largest absolute Gasteiger partial charge is 0.309 e. The van der Waals surface area contributed by atoms with Gasteiger partial charge in [0, 0.05) is 39.1 Å². The number of nitrogens with zero attached hydrogens (tertiary/aromatic N) is 2. The lowest BCUT2D eigenvalue weighted by Gasteiger charge is -2.21. The highest BCUT2D eigenvalue weighted by atomic mass is 31.2. The van der Waals surface area contributed by atoms with E-state index in [0.29, 0.717) is 0 Å². The number of hydrogen-bond donors (Lipinski definition) is 0. The predicted molar refractivity (Wildman–Crippen MR) is 159 cm³/mol. The van der Waals surface area contributed by atoms with Gasteiger partial charge in [-0.3, -0.25) is 9.97 Å². The van der Waals surface area contributed by atoms with Gasteiger partial charge >= 0.3 is 0 Å². The summed E-state index contributed by atoms with van der Waals surface area (Å²) in [5.74, 6) is 0. The summed E-state index contributed by atoms with van der Waals surface area (Å²) in [6.45, 7) is 0.